The predicted molar refractivity (Wildman–Crippen MR) is 67.0 cm³/mol. The van der Waals surface area contributed by atoms with E-state index >= 15 is 0 Å². The smallest absolute Gasteiger partial charge is 0.226 e. The maximum atomic E-state index is 12.4. The molecule has 0 spiro atoms. The molecule has 1 aliphatic rings. The van der Waals surface area contributed by atoms with Gasteiger partial charge in [0.1, 0.15) is 0 Å². The number of carbonyl (C=O) groups is 1. The first-order valence-corrected chi connectivity index (χ1v) is 6.51. The third-order valence-corrected chi connectivity index (χ3v) is 3.76. The van der Waals surface area contributed by atoms with Crippen molar-refractivity contribution in [3.8, 4) is 0 Å². The Hall–Kier alpha value is -0.570. The van der Waals surface area contributed by atoms with Crippen LogP contribution in [0.4, 0.5) is 0 Å². The van der Waals surface area contributed by atoms with Gasteiger partial charge in [0.05, 0.1) is 0 Å². The molecule has 2 N–H and O–H groups in total. The average molecular weight is 226 g/mol. The lowest BCUT2D eigenvalue weighted by atomic mass is 9.81. The molecule has 1 fully saturated rings. The number of hydrogen-bond acceptors (Lipinski definition) is 2. The number of rotatable bonds is 5. The third-order valence-electron chi connectivity index (χ3n) is 3.76. The van der Waals surface area contributed by atoms with Gasteiger partial charge in [-0.2, -0.15) is 0 Å². The fourth-order valence-electron chi connectivity index (χ4n) is 2.76. The first-order valence-electron chi connectivity index (χ1n) is 6.51. The van der Waals surface area contributed by atoms with Crippen LogP contribution in [0.2, 0.25) is 0 Å². The molecule has 3 nitrogen and oxygen atoms in total. The lowest BCUT2D eigenvalue weighted by Gasteiger charge is -2.31. The summed E-state index contributed by atoms with van der Waals surface area (Å²) in [6, 6.07) is 0. The minimum absolute atomic E-state index is 0.178. The normalized spacial score (nSPS) is 23.4. The van der Waals surface area contributed by atoms with Crippen LogP contribution in [0.25, 0.3) is 0 Å². The summed E-state index contributed by atoms with van der Waals surface area (Å²) >= 11 is 0. The number of carbonyl (C=O) groups excluding carboxylic acids is 1. The van der Waals surface area contributed by atoms with Crippen molar-refractivity contribution in [3.63, 3.8) is 0 Å². The maximum Gasteiger partial charge on any atom is 0.226 e. The quantitative estimate of drug-likeness (QED) is 0.779. The Labute approximate surface area is 99.4 Å². The lowest BCUT2D eigenvalue weighted by molar-refractivity contribution is -0.138. The standard InChI is InChI=1S/C13H26N2O/c1-4-9-15(10-8-14)12(16)11-6-5-7-13(11,2)3/h11H,4-10,14H2,1-3H3. The zero-order valence-corrected chi connectivity index (χ0v) is 11.0. The van der Waals surface area contributed by atoms with E-state index in [0.29, 0.717) is 19.0 Å². The zero-order valence-electron chi connectivity index (χ0n) is 11.0. The number of nitrogens with zero attached hydrogens (tertiary/aromatic N) is 1. The van der Waals surface area contributed by atoms with E-state index in [1.54, 1.807) is 0 Å². The molecule has 94 valence electrons. The number of hydrogen-bond donors (Lipinski definition) is 1. The second-order valence-corrected chi connectivity index (χ2v) is 5.55. The van der Waals surface area contributed by atoms with E-state index in [0.717, 1.165) is 19.4 Å². The van der Waals surface area contributed by atoms with Gasteiger partial charge in [0.15, 0.2) is 0 Å². The predicted octanol–water partition coefficient (Wildman–Crippen LogP) is 2.01. The van der Waals surface area contributed by atoms with Crippen molar-refractivity contribution < 1.29 is 4.79 Å². The Morgan fingerprint density at radius 2 is 2.12 bits per heavy atom. The van der Waals surface area contributed by atoms with Crippen LogP contribution in [0.15, 0.2) is 0 Å². The molecule has 0 bridgehead atoms. The van der Waals surface area contributed by atoms with Crippen LogP contribution in [0.5, 0.6) is 0 Å². The number of nitrogens with two attached hydrogens (primary N) is 1. The van der Waals surface area contributed by atoms with Gasteiger partial charge in [0.2, 0.25) is 5.91 Å². The molecule has 0 aliphatic heterocycles. The van der Waals surface area contributed by atoms with Gasteiger partial charge in [-0.25, -0.2) is 0 Å². The molecule has 16 heavy (non-hydrogen) atoms. The summed E-state index contributed by atoms with van der Waals surface area (Å²) in [5, 5.41) is 0. The summed E-state index contributed by atoms with van der Waals surface area (Å²) in [5.41, 5.74) is 5.75. The van der Waals surface area contributed by atoms with E-state index in [1.165, 1.54) is 12.8 Å². The van der Waals surface area contributed by atoms with Crippen molar-refractivity contribution in [1.82, 2.24) is 4.90 Å². The molecule has 0 heterocycles. The van der Waals surface area contributed by atoms with Gasteiger partial charge >= 0.3 is 0 Å². The van der Waals surface area contributed by atoms with Gasteiger partial charge in [-0.15, -0.1) is 0 Å². The zero-order chi connectivity index (χ0) is 12.2. The van der Waals surface area contributed by atoms with Gasteiger partial charge in [0.25, 0.3) is 0 Å². The van der Waals surface area contributed by atoms with Crippen LogP contribution in [0, 0.1) is 11.3 Å². The first kappa shape index (κ1) is 13.5. The van der Waals surface area contributed by atoms with Crippen LogP contribution in [-0.4, -0.2) is 30.4 Å². The lowest BCUT2D eigenvalue weighted by Crippen LogP contribution is -2.42. The van der Waals surface area contributed by atoms with Crippen molar-refractivity contribution in [3.05, 3.63) is 0 Å². The van der Waals surface area contributed by atoms with Crippen molar-refractivity contribution >= 4 is 5.91 Å². The van der Waals surface area contributed by atoms with E-state index in [9.17, 15) is 4.79 Å². The van der Waals surface area contributed by atoms with Crippen LogP contribution in [-0.2, 0) is 4.79 Å². The fraction of sp³-hybridized carbons (Fsp3) is 0.923. The Bertz CT molecular complexity index is 232. The van der Waals surface area contributed by atoms with E-state index < -0.39 is 0 Å². The third kappa shape index (κ3) is 2.97. The fourth-order valence-corrected chi connectivity index (χ4v) is 2.76. The molecule has 3 heteroatoms. The molecule has 0 saturated heterocycles. The van der Waals surface area contributed by atoms with Gasteiger partial charge in [-0.1, -0.05) is 27.2 Å². The van der Waals surface area contributed by atoms with E-state index in [2.05, 4.69) is 20.8 Å². The molecular weight excluding hydrogens is 200 g/mol. The van der Waals surface area contributed by atoms with Gasteiger partial charge in [-0.05, 0) is 24.7 Å². The van der Waals surface area contributed by atoms with Crippen molar-refractivity contribution in [2.45, 2.75) is 46.5 Å². The molecule has 1 aliphatic carbocycles. The van der Waals surface area contributed by atoms with E-state index in [1.807, 2.05) is 4.90 Å². The number of amides is 1. The Morgan fingerprint density at radius 1 is 1.44 bits per heavy atom. The molecule has 0 aromatic carbocycles. The molecule has 1 unspecified atom stereocenters. The Morgan fingerprint density at radius 3 is 2.56 bits per heavy atom. The molecule has 0 aromatic heterocycles. The molecule has 1 amide bonds. The largest absolute Gasteiger partial charge is 0.341 e. The molecule has 0 radical (unpaired) electrons. The highest BCUT2D eigenvalue weighted by Gasteiger charge is 2.40. The highest BCUT2D eigenvalue weighted by atomic mass is 16.2. The second-order valence-electron chi connectivity index (χ2n) is 5.55. The maximum absolute atomic E-state index is 12.4. The molecule has 1 saturated carbocycles. The average Bonchev–Trinajstić information content (AvgIpc) is 2.57. The minimum Gasteiger partial charge on any atom is -0.341 e. The van der Waals surface area contributed by atoms with Gasteiger partial charge in [-0.3, -0.25) is 4.79 Å². The topological polar surface area (TPSA) is 46.3 Å². The molecule has 1 rings (SSSR count). The first-order chi connectivity index (χ1) is 7.53. The summed E-state index contributed by atoms with van der Waals surface area (Å²) in [7, 11) is 0. The van der Waals surface area contributed by atoms with Crippen LogP contribution in [0.3, 0.4) is 0 Å². The van der Waals surface area contributed by atoms with Crippen molar-refractivity contribution in [2.24, 2.45) is 17.1 Å². The summed E-state index contributed by atoms with van der Waals surface area (Å²) in [6.45, 7) is 8.67. The Kier molecular flexibility index (Phi) is 4.78. The summed E-state index contributed by atoms with van der Waals surface area (Å²) in [4.78, 5) is 14.4. The van der Waals surface area contributed by atoms with Gasteiger partial charge in [0, 0.05) is 25.6 Å². The highest BCUT2D eigenvalue weighted by molar-refractivity contribution is 5.80. The summed E-state index contributed by atoms with van der Waals surface area (Å²) in [5.74, 6) is 0.542. The van der Waals surface area contributed by atoms with E-state index in [4.69, 9.17) is 5.73 Å². The van der Waals surface area contributed by atoms with Crippen LogP contribution < -0.4 is 5.73 Å². The Balaban J connectivity index is 2.66. The van der Waals surface area contributed by atoms with Gasteiger partial charge < -0.3 is 10.6 Å². The van der Waals surface area contributed by atoms with Crippen LogP contribution >= 0.6 is 0 Å². The SMILES string of the molecule is CCCN(CCN)C(=O)C1CCCC1(C)C. The van der Waals surface area contributed by atoms with Crippen molar-refractivity contribution in [2.75, 3.05) is 19.6 Å². The second kappa shape index (κ2) is 5.67. The van der Waals surface area contributed by atoms with Crippen LogP contribution in [0.1, 0.15) is 46.5 Å². The minimum atomic E-state index is 0.178. The summed E-state index contributed by atoms with van der Waals surface area (Å²) in [6.07, 6.45) is 4.42. The summed E-state index contributed by atoms with van der Waals surface area (Å²) < 4.78 is 0. The molecule has 0 aromatic rings. The van der Waals surface area contributed by atoms with E-state index in [-0.39, 0.29) is 11.3 Å². The monoisotopic (exact) mass is 226 g/mol. The molecule has 1 atom stereocenters. The van der Waals surface area contributed by atoms with Crippen molar-refractivity contribution in [1.29, 1.82) is 0 Å². The highest BCUT2D eigenvalue weighted by Crippen LogP contribution is 2.43. The molecular formula is C13H26N2O.